The Hall–Kier alpha value is -2.82. The third-order valence-corrected chi connectivity index (χ3v) is 4.55. The van der Waals surface area contributed by atoms with Crippen molar-refractivity contribution in [3.05, 3.63) is 59.7 Å². The summed E-state index contributed by atoms with van der Waals surface area (Å²) in [6.07, 6.45) is 2.07. The van der Waals surface area contributed by atoms with Crippen molar-refractivity contribution < 1.29 is 9.59 Å². The quantitative estimate of drug-likeness (QED) is 0.800. The highest BCUT2D eigenvalue weighted by molar-refractivity contribution is 6.06. The lowest BCUT2D eigenvalue weighted by Gasteiger charge is -2.21. The molecule has 2 N–H and O–H groups in total. The average molecular weight is 351 g/mol. The van der Waals surface area contributed by atoms with E-state index < -0.39 is 0 Å². The molecule has 2 aromatic rings. The number of carbonyl (C=O) groups is 2. The topological polar surface area (TPSA) is 61.4 Å². The summed E-state index contributed by atoms with van der Waals surface area (Å²) in [4.78, 5) is 26.9. The molecule has 1 aliphatic carbocycles. The molecule has 0 saturated heterocycles. The predicted molar refractivity (Wildman–Crippen MR) is 105 cm³/mol. The molecule has 0 atom stereocenters. The molecule has 0 aliphatic heterocycles. The van der Waals surface area contributed by atoms with Crippen LogP contribution in [-0.4, -0.2) is 30.9 Å². The molecule has 2 aromatic carbocycles. The summed E-state index contributed by atoms with van der Waals surface area (Å²) in [5.41, 5.74) is 2.85. The maximum Gasteiger partial charge on any atom is 0.255 e. The van der Waals surface area contributed by atoms with Gasteiger partial charge in [-0.3, -0.25) is 9.59 Å². The van der Waals surface area contributed by atoms with Gasteiger partial charge in [-0.05, 0) is 69.2 Å². The van der Waals surface area contributed by atoms with Crippen molar-refractivity contribution in [3.63, 3.8) is 0 Å². The Balaban J connectivity index is 1.66. The van der Waals surface area contributed by atoms with Crippen LogP contribution < -0.4 is 15.5 Å². The summed E-state index contributed by atoms with van der Waals surface area (Å²) in [6.45, 7) is 6.12. The lowest BCUT2D eigenvalue weighted by Crippen LogP contribution is -2.25. The second-order valence-corrected chi connectivity index (χ2v) is 6.50. The fourth-order valence-electron chi connectivity index (χ4n) is 2.85. The molecule has 3 rings (SSSR count). The van der Waals surface area contributed by atoms with Crippen molar-refractivity contribution in [1.29, 1.82) is 0 Å². The van der Waals surface area contributed by atoms with Crippen molar-refractivity contribution in [2.75, 3.05) is 23.3 Å². The fraction of sp³-hybridized carbons (Fsp3) is 0.333. The lowest BCUT2D eigenvalue weighted by atomic mass is 10.1. The summed E-state index contributed by atoms with van der Waals surface area (Å²) in [6, 6.07) is 14.9. The molecular weight excluding hydrogens is 326 g/mol. The van der Waals surface area contributed by atoms with Gasteiger partial charge in [0.25, 0.3) is 11.8 Å². The molecule has 5 nitrogen and oxygen atoms in total. The minimum atomic E-state index is -0.221. The van der Waals surface area contributed by atoms with E-state index >= 15 is 0 Å². The van der Waals surface area contributed by atoms with E-state index in [0.29, 0.717) is 17.2 Å². The van der Waals surface area contributed by atoms with Crippen LogP contribution in [0, 0.1) is 0 Å². The first-order valence-electron chi connectivity index (χ1n) is 9.18. The molecule has 2 amide bonds. The van der Waals surface area contributed by atoms with Crippen molar-refractivity contribution >= 4 is 23.2 Å². The summed E-state index contributed by atoms with van der Waals surface area (Å²) >= 11 is 0. The SMILES string of the molecule is CCN(CC)c1ccc(NC(=O)c2cccc(C(=O)NC3CC3)c2)cc1. The maximum absolute atomic E-state index is 12.5. The summed E-state index contributed by atoms with van der Waals surface area (Å²) in [7, 11) is 0. The van der Waals surface area contributed by atoms with Crippen LogP contribution in [0.4, 0.5) is 11.4 Å². The van der Waals surface area contributed by atoms with Crippen LogP contribution in [-0.2, 0) is 0 Å². The van der Waals surface area contributed by atoms with Gasteiger partial charge in [-0.2, -0.15) is 0 Å². The number of nitrogens with zero attached hydrogens (tertiary/aromatic N) is 1. The second-order valence-electron chi connectivity index (χ2n) is 6.50. The normalized spacial score (nSPS) is 13.2. The number of amides is 2. The first-order valence-corrected chi connectivity index (χ1v) is 9.18. The molecule has 136 valence electrons. The van der Waals surface area contributed by atoms with Crippen LogP contribution in [0.1, 0.15) is 47.4 Å². The zero-order chi connectivity index (χ0) is 18.5. The van der Waals surface area contributed by atoms with Crippen molar-refractivity contribution in [2.24, 2.45) is 0 Å². The number of hydrogen-bond acceptors (Lipinski definition) is 3. The Kier molecular flexibility index (Phi) is 5.56. The minimum Gasteiger partial charge on any atom is -0.372 e. The van der Waals surface area contributed by atoms with Gasteiger partial charge < -0.3 is 15.5 Å². The van der Waals surface area contributed by atoms with Gasteiger partial charge in [0.15, 0.2) is 0 Å². The summed E-state index contributed by atoms with van der Waals surface area (Å²) in [5, 5.41) is 5.83. The Labute approximate surface area is 154 Å². The Bertz CT molecular complexity index is 778. The first kappa shape index (κ1) is 18.0. The van der Waals surface area contributed by atoms with Crippen LogP contribution >= 0.6 is 0 Å². The largest absolute Gasteiger partial charge is 0.372 e. The molecule has 26 heavy (non-hydrogen) atoms. The number of hydrogen-bond donors (Lipinski definition) is 2. The Morgan fingerprint density at radius 2 is 1.58 bits per heavy atom. The van der Waals surface area contributed by atoms with Gasteiger partial charge >= 0.3 is 0 Å². The molecule has 0 aromatic heterocycles. The van der Waals surface area contributed by atoms with Gasteiger partial charge in [0.05, 0.1) is 0 Å². The molecule has 5 heteroatoms. The van der Waals surface area contributed by atoms with E-state index in [0.717, 1.165) is 37.3 Å². The van der Waals surface area contributed by atoms with Gasteiger partial charge in [0.1, 0.15) is 0 Å². The van der Waals surface area contributed by atoms with E-state index in [2.05, 4.69) is 29.4 Å². The van der Waals surface area contributed by atoms with Crippen LogP contribution in [0.3, 0.4) is 0 Å². The van der Waals surface area contributed by atoms with Crippen LogP contribution in [0.2, 0.25) is 0 Å². The van der Waals surface area contributed by atoms with Gasteiger partial charge in [-0.1, -0.05) is 6.07 Å². The van der Waals surface area contributed by atoms with E-state index in [1.54, 1.807) is 24.3 Å². The average Bonchev–Trinajstić information content (AvgIpc) is 3.48. The zero-order valence-electron chi connectivity index (χ0n) is 15.3. The van der Waals surface area contributed by atoms with Gasteiger partial charge in [-0.25, -0.2) is 0 Å². The Morgan fingerprint density at radius 1 is 0.962 bits per heavy atom. The van der Waals surface area contributed by atoms with E-state index in [1.165, 1.54) is 0 Å². The third-order valence-electron chi connectivity index (χ3n) is 4.55. The van der Waals surface area contributed by atoms with E-state index in [4.69, 9.17) is 0 Å². The summed E-state index contributed by atoms with van der Waals surface area (Å²) in [5.74, 6) is -0.340. The number of nitrogens with one attached hydrogen (secondary N) is 2. The molecule has 0 unspecified atom stereocenters. The predicted octanol–water partition coefficient (Wildman–Crippen LogP) is 3.68. The van der Waals surface area contributed by atoms with Crippen LogP contribution in [0.25, 0.3) is 0 Å². The molecule has 1 fully saturated rings. The number of carbonyl (C=O) groups excluding carboxylic acids is 2. The second kappa shape index (κ2) is 8.04. The standard InChI is InChI=1S/C21H25N3O2/c1-3-24(4-2)19-12-10-18(11-13-19)23-21(26)16-7-5-6-15(14-16)20(25)22-17-8-9-17/h5-7,10-14,17H,3-4,8-9H2,1-2H3,(H,22,25)(H,23,26). The minimum absolute atomic E-state index is 0.120. The molecule has 0 bridgehead atoms. The molecule has 1 aliphatic rings. The third kappa shape index (κ3) is 4.42. The molecule has 0 spiro atoms. The molecule has 0 radical (unpaired) electrons. The Morgan fingerprint density at radius 3 is 2.15 bits per heavy atom. The monoisotopic (exact) mass is 351 g/mol. The fourth-order valence-corrected chi connectivity index (χ4v) is 2.85. The molecule has 1 saturated carbocycles. The first-order chi connectivity index (χ1) is 12.6. The smallest absolute Gasteiger partial charge is 0.255 e. The number of benzene rings is 2. The van der Waals surface area contributed by atoms with Crippen molar-refractivity contribution in [3.8, 4) is 0 Å². The molecular formula is C21H25N3O2. The van der Waals surface area contributed by atoms with Crippen molar-refractivity contribution in [2.45, 2.75) is 32.7 Å². The van der Waals surface area contributed by atoms with E-state index in [-0.39, 0.29) is 11.8 Å². The highest BCUT2D eigenvalue weighted by Gasteiger charge is 2.24. The van der Waals surface area contributed by atoms with Gasteiger partial charge in [-0.15, -0.1) is 0 Å². The number of rotatable bonds is 7. The van der Waals surface area contributed by atoms with Crippen LogP contribution in [0.15, 0.2) is 48.5 Å². The van der Waals surface area contributed by atoms with E-state index in [9.17, 15) is 9.59 Å². The number of anilines is 2. The highest BCUT2D eigenvalue weighted by Crippen LogP contribution is 2.20. The van der Waals surface area contributed by atoms with Gasteiger partial charge in [0.2, 0.25) is 0 Å². The summed E-state index contributed by atoms with van der Waals surface area (Å²) < 4.78 is 0. The maximum atomic E-state index is 12.5. The van der Waals surface area contributed by atoms with Crippen LogP contribution in [0.5, 0.6) is 0 Å². The van der Waals surface area contributed by atoms with E-state index in [1.807, 2.05) is 24.3 Å². The lowest BCUT2D eigenvalue weighted by molar-refractivity contribution is 0.0951. The van der Waals surface area contributed by atoms with Crippen molar-refractivity contribution in [1.82, 2.24) is 5.32 Å². The molecule has 0 heterocycles. The highest BCUT2D eigenvalue weighted by atomic mass is 16.2. The zero-order valence-corrected chi connectivity index (χ0v) is 15.3. The van der Waals surface area contributed by atoms with Gasteiger partial charge in [0, 0.05) is 41.6 Å².